The molecule has 1 N–H and O–H groups in total. The molecule has 0 spiro atoms. The van der Waals surface area contributed by atoms with Crippen molar-refractivity contribution in [2.45, 2.75) is 39.2 Å². The maximum absolute atomic E-state index is 5.68. The van der Waals surface area contributed by atoms with Crippen molar-refractivity contribution in [3.8, 4) is 0 Å². The molecular weight excluding hydrogens is 246 g/mol. The lowest BCUT2D eigenvalue weighted by atomic mass is 9.79. The molecule has 0 aliphatic carbocycles. The summed E-state index contributed by atoms with van der Waals surface area (Å²) in [4.78, 5) is 0. The number of rotatable bonds is 7. The summed E-state index contributed by atoms with van der Waals surface area (Å²) in [6.07, 6.45) is 2.92. The third-order valence-corrected chi connectivity index (χ3v) is 4.07. The van der Waals surface area contributed by atoms with Crippen LogP contribution in [0.1, 0.15) is 50.5 Å². The second kappa shape index (κ2) is 7.30. The van der Waals surface area contributed by atoms with E-state index in [1.807, 2.05) is 6.07 Å². The second-order valence-corrected chi connectivity index (χ2v) is 5.37. The van der Waals surface area contributed by atoms with Crippen LogP contribution in [0, 0.1) is 5.92 Å². The van der Waals surface area contributed by atoms with Gasteiger partial charge in [0.25, 0.3) is 0 Å². The lowest BCUT2D eigenvalue weighted by molar-refractivity contribution is 0.303. The maximum atomic E-state index is 5.68. The molecule has 0 aliphatic rings. The van der Waals surface area contributed by atoms with E-state index in [0.29, 0.717) is 11.8 Å². The van der Waals surface area contributed by atoms with Gasteiger partial charge in [0.05, 0.1) is 12.3 Å². The fourth-order valence-corrected chi connectivity index (χ4v) is 2.87. The van der Waals surface area contributed by atoms with Gasteiger partial charge in [0.15, 0.2) is 0 Å². The second-order valence-electron chi connectivity index (χ2n) is 5.37. The van der Waals surface area contributed by atoms with E-state index in [-0.39, 0.29) is 6.04 Å². The van der Waals surface area contributed by atoms with E-state index < -0.39 is 0 Å². The fourth-order valence-electron chi connectivity index (χ4n) is 2.87. The van der Waals surface area contributed by atoms with Crippen molar-refractivity contribution in [2.75, 3.05) is 6.54 Å². The first-order chi connectivity index (χ1) is 9.77. The fraction of sp³-hybridized carbons (Fsp3) is 0.444. The number of hydrogen-bond acceptors (Lipinski definition) is 2. The van der Waals surface area contributed by atoms with E-state index in [1.54, 1.807) is 6.26 Å². The van der Waals surface area contributed by atoms with E-state index in [0.717, 1.165) is 18.7 Å². The lowest BCUT2D eigenvalue weighted by Crippen LogP contribution is -2.30. The van der Waals surface area contributed by atoms with Gasteiger partial charge in [-0.2, -0.15) is 0 Å². The minimum atomic E-state index is 0.229. The molecule has 0 amide bonds. The van der Waals surface area contributed by atoms with Crippen LogP contribution < -0.4 is 5.32 Å². The monoisotopic (exact) mass is 271 g/mol. The number of likely N-dealkylation sites (N-methyl/N-ethyl adjacent to an activating group) is 1. The molecule has 108 valence electrons. The van der Waals surface area contributed by atoms with Crippen LogP contribution in [0.4, 0.5) is 0 Å². The van der Waals surface area contributed by atoms with Crippen LogP contribution in [-0.2, 0) is 0 Å². The summed E-state index contributed by atoms with van der Waals surface area (Å²) < 4.78 is 5.68. The smallest absolute Gasteiger partial charge is 0.121 e. The molecule has 3 unspecified atom stereocenters. The molecule has 0 bridgehead atoms. The zero-order chi connectivity index (χ0) is 14.4. The van der Waals surface area contributed by atoms with Crippen LogP contribution in [0.3, 0.4) is 0 Å². The first-order valence-corrected chi connectivity index (χ1v) is 7.59. The van der Waals surface area contributed by atoms with Crippen molar-refractivity contribution < 1.29 is 4.42 Å². The highest BCUT2D eigenvalue weighted by molar-refractivity contribution is 5.25. The number of nitrogens with one attached hydrogen (secondary N) is 1. The Labute approximate surface area is 122 Å². The molecule has 2 heteroatoms. The average molecular weight is 271 g/mol. The maximum Gasteiger partial charge on any atom is 0.121 e. The standard InChI is InChI=1S/C18H25NO/c1-4-14(3)17(15-10-7-6-8-11-15)18(19-5-2)16-12-9-13-20-16/h6-14,17-19H,4-5H2,1-3H3. The Kier molecular flexibility index (Phi) is 5.42. The SMILES string of the molecule is CCNC(c1ccco1)C(c1ccccc1)C(C)CC. The minimum Gasteiger partial charge on any atom is -0.468 e. The Balaban J connectivity index is 2.37. The Hall–Kier alpha value is -1.54. The summed E-state index contributed by atoms with van der Waals surface area (Å²) in [5, 5.41) is 3.61. The van der Waals surface area contributed by atoms with Crippen molar-refractivity contribution >= 4 is 0 Å². The van der Waals surface area contributed by atoms with E-state index in [1.165, 1.54) is 5.56 Å². The topological polar surface area (TPSA) is 25.2 Å². The normalized spacial score (nSPS) is 15.8. The summed E-state index contributed by atoms with van der Waals surface area (Å²) in [6.45, 7) is 7.66. The third kappa shape index (κ3) is 3.31. The molecule has 2 rings (SSSR count). The summed E-state index contributed by atoms with van der Waals surface area (Å²) >= 11 is 0. The quantitative estimate of drug-likeness (QED) is 0.785. The van der Waals surface area contributed by atoms with Gasteiger partial charge >= 0.3 is 0 Å². The molecule has 0 fully saturated rings. The van der Waals surface area contributed by atoms with Gasteiger partial charge in [-0.3, -0.25) is 0 Å². The summed E-state index contributed by atoms with van der Waals surface area (Å²) in [5.41, 5.74) is 1.38. The first-order valence-electron chi connectivity index (χ1n) is 7.59. The predicted octanol–water partition coefficient (Wildman–Crippen LogP) is 4.76. The zero-order valence-corrected chi connectivity index (χ0v) is 12.7. The van der Waals surface area contributed by atoms with E-state index in [4.69, 9.17) is 4.42 Å². The van der Waals surface area contributed by atoms with Crippen LogP contribution in [0.25, 0.3) is 0 Å². The third-order valence-electron chi connectivity index (χ3n) is 4.07. The van der Waals surface area contributed by atoms with Gasteiger partial charge in [-0.05, 0) is 30.2 Å². The van der Waals surface area contributed by atoms with E-state index in [2.05, 4.69) is 62.5 Å². The summed E-state index contributed by atoms with van der Waals surface area (Å²) in [6, 6.07) is 15.0. The Morgan fingerprint density at radius 1 is 1.05 bits per heavy atom. The highest BCUT2D eigenvalue weighted by atomic mass is 16.3. The number of benzene rings is 1. The van der Waals surface area contributed by atoms with Crippen LogP contribution in [0.5, 0.6) is 0 Å². The Morgan fingerprint density at radius 2 is 1.80 bits per heavy atom. The Bertz CT molecular complexity index is 477. The van der Waals surface area contributed by atoms with Crippen LogP contribution in [0.2, 0.25) is 0 Å². The molecule has 0 saturated heterocycles. The molecule has 2 nitrogen and oxygen atoms in total. The van der Waals surface area contributed by atoms with Crippen LogP contribution >= 0.6 is 0 Å². The van der Waals surface area contributed by atoms with Gasteiger partial charge in [-0.25, -0.2) is 0 Å². The van der Waals surface area contributed by atoms with Crippen molar-refractivity contribution in [1.29, 1.82) is 0 Å². The molecule has 0 aliphatic heterocycles. The minimum absolute atomic E-state index is 0.229. The van der Waals surface area contributed by atoms with Gasteiger partial charge in [0, 0.05) is 5.92 Å². The van der Waals surface area contributed by atoms with Crippen molar-refractivity contribution in [3.05, 3.63) is 60.1 Å². The van der Waals surface area contributed by atoms with Gasteiger partial charge in [-0.15, -0.1) is 0 Å². The molecule has 0 radical (unpaired) electrons. The first kappa shape index (κ1) is 14.9. The van der Waals surface area contributed by atoms with Crippen molar-refractivity contribution in [2.24, 2.45) is 5.92 Å². The molecule has 1 aromatic carbocycles. The molecule has 3 atom stereocenters. The lowest BCUT2D eigenvalue weighted by Gasteiger charge is -2.31. The van der Waals surface area contributed by atoms with E-state index >= 15 is 0 Å². The van der Waals surface area contributed by atoms with Crippen molar-refractivity contribution in [1.82, 2.24) is 5.32 Å². The van der Waals surface area contributed by atoms with Gasteiger partial charge in [-0.1, -0.05) is 57.5 Å². The highest BCUT2D eigenvalue weighted by Crippen LogP contribution is 2.38. The molecule has 0 saturated carbocycles. The molecule has 1 heterocycles. The summed E-state index contributed by atoms with van der Waals surface area (Å²) in [7, 11) is 0. The van der Waals surface area contributed by atoms with Gasteiger partial charge in [0.2, 0.25) is 0 Å². The predicted molar refractivity (Wildman–Crippen MR) is 83.8 cm³/mol. The van der Waals surface area contributed by atoms with Crippen LogP contribution in [-0.4, -0.2) is 6.54 Å². The highest BCUT2D eigenvalue weighted by Gasteiger charge is 2.29. The van der Waals surface area contributed by atoms with Gasteiger partial charge < -0.3 is 9.73 Å². The Morgan fingerprint density at radius 3 is 2.35 bits per heavy atom. The van der Waals surface area contributed by atoms with Crippen LogP contribution in [0.15, 0.2) is 53.1 Å². The van der Waals surface area contributed by atoms with E-state index in [9.17, 15) is 0 Å². The zero-order valence-electron chi connectivity index (χ0n) is 12.7. The number of hydrogen-bond donors (Lipinski definition) is 1. The van der Waals surface area contributed by atoms with Crippen molar-refractivity contribution in [3.63, 3.8) is 0 Å². The molecule has 2 aromatic rings. The molecule has 1 aromatic heterocycles. The largest absolute Gasteiger partial charge is 0.468 e. The summed E-state index contributed by atoms with van der Waals surface area (Å²) in [5.74, 6) is 2.04. The molecular formula is C18H25NO. The molecule has 20 heavy (non-hydrogen) atoms. The number of furan rings is 1. The average Bonchev–Trinajstić information content (AvgIpc) is 3.01. The van der Waals surface area contributed by atoms with Gasteiger partial charge in [0.1, 0.15) is 5.76 Å².